The SMILES string of the molecule is CCCCCC1CCC(CCc2ccc(-c3cc(F)c(F)c(Oc4ccc(OC(F)(F)F)cc4)c3C)cc2)CC1. The summed E-state index contributed by atoms with van der Waals surface area (Å²) in [5, 5.41) is 0. The number of halogens is 5. The van der Waals surface area contributed by atoms with Crippen molar-refractivity contribution < 1.29 is 31.4 Å². The molecule has 0 atom stereocenters. The summed E-state index contributed by atoms with van der Waals surface area (Å²) in [5.74, 6) is -1.25. The minimum atomic E-state index is -4.83. The van der Waals surface area contributed by atoms with Crippen molar-refractivity contribution in [1.82, 2.24) is 0 Å². The van der Waals surface area contributed by atoms with E-state index in [1.54, 1.807) is 6.92 Å². The molecule has 0 unspecified atom stereocenters. The molecule has 1 saturated carbocycles. The van der Waals surface area contributed by atoms with Gasteiger partial charge in [0.2, 0.25) is 5.82 Å². The number of aryl methyl sites for hydroxylation is 1. The predicted molar refractivity (Wildman–Crippen MR) is 148 cm³/mol. The highest BCUT2D eigenvalue weighted by Crippen LogP contribution is 2.38. The molecule has 40 heavy (non-hydrogen) atoms. The number of benzene rings is 3. The van der Waals surface area contributed by atoms with Crippen LogP contribution in [0.4, 0.5) is 22.0 Å². The lowest BCUT2D eigenvalue weighted by Crippen LogP contribution is -2.16. The van der Waals surface area contributed by atoms with Crippen molar-refractivity contribution in [2.45, 2.75) is 84.4 Å². The zero-order valence-corrected chi connectivity index (χ0v) is 23.1. The quantitative estimate of drug-likeness (QED) is 0.172. The summed E-state index contributed by atoms with van der Waals surface area (Å²) in [6.45, 7) is 3.88. The Kier molecular flexibility index (Phi) is 10.1. The average Bonchev–Trinajstić information content (AvgIpc) is 2.93. The van der Waals surface area contributed by atoms with Crippen molar-refractivity contribution in [3.8, 4) is 28.4 Å². The maximum absolute atomic E-state index is 14.7. The standard InChI is InChI=1S/C33H37F5O2/c1-3-4-5-6-23-7-9-24(10-8-23)11-12-25-13-15-26(16-14-25)29-21-30(34)31(35)32(22(29)2)39-27-17-19-28(20-18-27)40-33(36,37)38/h13-21,23-24H,3-12H2,1-2H3. The topological polar surface area (TPSA) is 18.5 Å². The maximum Gasteiger partial charge on any atom is 0.573 e. The van der Waals surface area contributed by atoms with Crippen LogP contribution in [0.2, 0.25) is 0 Å². The lowest BCUT2D eigenvalue weighted by Gasteiger charge is -2.28. The lowest BCUT2D eigenvalue weighted by atomic mass is 9.78. The molecule has 4 rings (SSSR count). The largest absolute Gasteiger partial charge is 0.573 e. The van der Waals surface area contributed by atoms with Gasteiger partial charge in [0.1, 0.15) is 11.5 Å². The summed E-state index contributed by atoms with van der Waals surface area (Å²) in [7, 11) is 0. The van der Waals surface area contributed by atoms with Crippen molar-refractivity contribution in [2.75, 3.05) is 0 Å². The van der Waals surface area contributed by atoms with E-state index in [4.69, 9.17) is 4.74 Å². The molecule has 3 aromatic carbocycles. The van der Waals surface area contributed by atoms with Crippen molar-refractivity contribution in [1.29, 1.82) is 0 Å². The molecular weight excluding hydrogens is 523 g/mol. The maximum atomic E-state index is 14.7. The van der Waals surface area contributed by atoms with Gasteiger partial charge in [0.25, 0.3) is 0 Å². The van der Waals surface area contributed by atoms with Gasteiger partial charge in [-0.25, -0.2) is 4.39 Å². The first kappa shape index (κ1) is 29.9. The molecule has 2 nitrogen and oxygen atoms in total. The van der Waals surface area contributed by atoms with E-state index in [2.05, 4.69) is 11.7 Å². The minimum absolute atomic E-state index is 0.0541. The number of hydrogen-bond acceptors (Lipinski definition) is 2. The summed E-state index contributed by atoms with van der Waals surface area (Å²) in [6.07, 6.45) is 7.99. The molecule has 0 spiro atoms. The van der Waals surface area contributed by atoms with E-state index in [-0.39, 0.29) is 11.5 Å². The molecule has 0 radical (unpaired) electrons. The van der Waals surface area contributed by atoms with Gasteiger partial charge in [-0.3, -0.25) is 0 Å². The second kappa shape index (κ2) is 13.5. The third-order valence-electron chi connectivity index (χ3n) is 7.99. The normalized spacial score (nSPS) is 17.6. The Morgan fingerprint density at radius 1 is 0.800 bits per heavy atom. The smallest absolute Gasteiger partial charge is 0.454 e. The Morgan fingerprint density at radius 2 is 1.40 bits per heavy atom. The molecule has 0 amide bonds. The number of hydrogen-bond donors (Lipinski definition) is 0. The molecule has 1 fully saturated rings. The highest BCUT2D eigenvalue weighted by Gasteiger charge is 2.31. The predicted octanol–water partition coefficient (Wildman–Crippen LogP) is 11.0. The Bertz CT molecular complexity index is 1230. The van der Waals surface area contributed by atoms with E-state index in [0.717, 1.165) is 48.4 Å². The minimum Gasteiger partial charge on any atom is -0.454 e. The fourth-order valence-corrected chi connectivity index (χ4v) is 5.66. The van der Waals surface area contributed by atoms with Crippen LogP contribution in [0.25, 0.3) is 11.1 Å². The number of rotatable bonds is 11. The van der Waals surface area contributed by atoms with Crippen LogP contribution in [0.1, 0.15) is 75.8 Å². The van der Waals surface area contributed by atoms with E-state index in [1.165, 1.54) is 69.1 Å². The van der Waals surface area contributed by atoms with Gasteiger partial charge in [-0.05, 0) is 78.6 Å². The van der Waals surface area contributed by atoms with Crippen LogP contribution in [0.15, 0.2) is 54.6 Å². The molecule has 0 aliphatic heterocycles. The summed E-state index contributed by atoms with van der Waals surface area (Å²) < 4.78 is 75.9. The number of ether oxygens (including phenoxy) is 2. The summed E-state index contributed by atoms with van der Waals surface area (Å²) in [4.78, 5) is 0. The Morgan fingerprint density at radius 3 is 2.00 bits per heavy atom. The Hall–Kier alpha value is -3.09. The van der Waals surface area contributed by atoms with Crippen LogP contribution in [-0.4, -0.2) is 6.36 Å². The first-order valence-corrected chi connectivity index (χ1v) is 14.2. The summed E-state index contributed by atoms with van der Waals surface area (Å²) >= 11 is 0. The monoisotopic (exact) mass is 560 g/mol. The van der Waals surface area contributed by atoms with Crippen LogP contribution < -0.4 is 9.47 Å². The highest BCUT2D eigenvalue weighted by atomic mass is 19.4. The zero-order chi connectivity index (χ0) is 28.7. The highest BCUT2D eigenvalue weighted by molar-refractivity contribution is 5.70. The fourth-order valence-electron chi connectivity index (χ4n) is 5.66. The first-order valence-electron chi connectivity index (χ1n) is 14.2. The van der Waals surface area contributed by atoms with E-state index >= 15 is 0 Å². The molecule has 1 aliphatic carbocycles. The fraction of sp³-hybridized carbons (Fsp3) is 0.455. The molecule has 0 aromatic heterocycles. The van der Waals surface area contributed by atoms with Crippen molar-refractivity contribution in [2.24, 2.45) is 11.8 Å². The van der Waals surface area contributed by atoms with E-state index in [0.29, 0.717) is 11.1 Å². The van der Waals surface area contributed by atoms with E-state index in [1.807, 2.05) is 24.3 Å². The molecule has 216 valence electrons. The van der Waals surface area contributed by atoms with Crippen molar-refractivity contribution in [3.63, 3.8) is 0 Å². The van der Waals surface area contributed by atoms with Gasteiger partial charge in [0, 0.05) is 5.56 Å². The molecule has 0 N–H and O–H groups in total. The van der Waals surface area contributed by atoms with Gasteiger partial charge in [0.05, 0.1) is 0 Å². The third-order valence-corrected chi connectivity index (χ3v) is 7.99. The summed E-state index contributed by atoms with van der Waals surface area (Å²) in [5.41, 5.74) is 2.81. The van der Waals surface area contributed by atoms with Crippen molar-refractivity contribution in [3.05, 3.63) is 77.4 Å². The van der Waals surface area contributed by atoms with Gasteiger partial charge in [0.15, 0.2) is 11.6 Å². The van der Waals surface area contributed by atoms with Gasteiger partial charge < -0.3 is 9.47 Å². The molecule has 0 heterocycles. The molecule has 3 aromatic rings. The number of unbranched alkanes of at least 4 members (excludes halogenated alkanes) is 2. The second-order valence-corrected chi connectivity index (χ2v) is 10.9. The lowest BCUT2D eigenvalue weighted by molar-refractivity contribution is -0.274. The van der Waals surface area contributed by atoms with Gasteiger partial charge in [-0.2, -0.15) is 4.39 Å². The molecule has 1 aliphatic rings. The van der Waals surface area contributed by atoms with Gasteiger partial charge >= 0.3 is 6.36 Å². The average molecular weight is 561 g/mol. The number of alkyl halides is 3. The first-order chi connectivity index (χ1) is 19.1. The van der Waals surface area contributed by atoms with Gasteiger partial charge in [-0.15, -0.1) is 13.2 Å². The van der Waals surface area contributed by atoms with E-state index < -0.39 is 23.7 Å². The van der Waals surface area contributed by atoms with E-state index in [9.17, 15) is 22.0 Å². The molecule has 0 saturated heterocycles. The van der Waals surface area contributed by atoms with Crippen LogP contribution in [-0.2, 0) is 6.42 Å². The van der Waals surface area contributed by atoms with Crippen LogP contribution in [0, 0.1) is 30.4 Å². The molecule has 7 heteroatoms. The summed E-state index contributed by atoms with van der Waals surface area (Å²) in [6, 6.07) is 13.5. The second-order valence-electron chi connectivity index (χ2n) is 10.9. The molecule has 0 bridgehead atoms. The van der Waals surface area contributed by atoms with Crippen molar-refractivity contribution >= 4 is 0 Å². The van der Waals surface area contributed by atoms with Gasteiger partial charge in [-0.1, -0.05) is 82.6 Å². The van der Waals surface area contributed by atoms with Crippen LogP contribution in [0.5, 0.6) is 17.2 Å². The third kappa shape index (κ3) is 8.21. The van der Waals surface area contributed by atoms with Crippen LogP contribution >= 0.6 is 0 Å². The molecular formula is C33H37F5O2. The Labute approximate surface area is 233 Å². The Balaban J connectivity index is 1.38. The zero-order valence-electron chi connectivity index (χ0n) is 23.1. The van der Waals surface area contributed by atoms with Crippen LogP contribution in [0.3, 0.4) is 0 Å².